The van der Waals surface area contributed by atoms with E-state index >= 15 is 0 Å². The number of hydrogen-bond donors (Lipinski definition) is 0. The van der Waals surface area contributed by atoms with Gasteiger partial charge in [-0.05, 0) is 37.7 Å². The van der Waals surface area contributed by atoms with E-state index in [1.165, 1.54) is 12.0 Å². The molecular weight excluding hydrogens is 188 g/mol. The van der Waals surface area contributed by atoms with Crippen LogP contribution in [0.5, 0.6) is 0 Å². The molecule has 0 amide bonds. The molecule has 0 aliphatic heterocycles. The van der Waals surface area contributed by atoms with Crippen LogP contribution in [0.3, 0.4) is 0 Å². The van der Waals surface area contributed by atoms with Crippen LogP contribution in [0, 0.1) is 0 Å². The van der Waals surface area contributed by atoms with Crippen LogP contribution in [-0.2, 0) is 4.75 Å². The first-order chi connectivity index (χ1) is 6.42. The topological polar surface area (TPSA) is 0 Å². The minimum Gasteiger partial charge on any atom is -0.240 e. The highest BCUT2D eigenvalue weighted by atomic mass is 32.3. The van der Waals surface area contributed by atoms with Gasteiger partial charge in [-0.1, -0.05) is 37.3 Å². The molecule has 0 aromatic heterocycles. The molecule has 1 atom stereocenters. The largest absolute Gasteiger partial charge is 0.240 e. The van der Waals surface area contributed by atoms with Gasteiger partial charge in [0.2, 0.25) is 0 Å². The summed E-state index contributed by atoms with van der Waals surface area (Å²) in [5, 5.41) is 0. The summed E-state index contributed by atoms with van der Waals surface area (Å²) in [7, 11) is -0.568. The summed E-state index contributed by atoms with van der Waals surface area (Å²) in [5.41, 5.74) is 1.49. The summed E-state index contributed by atoms with van der Waals surface area (Å²) in [6.07, 6.45) is 8.44. The third-order valence-electron chi connectivity index (χ3n) is 3.41. The fraction of sp³-hybridized carbons (Fsp3) is 0.538. The second-order valence-electron chi connectivity index (χ2n) is 4.79. The van der Waals surface area contributed by atoms with E-state index in [-0.39, 0.29) is 0 Å². The second-order valence-corrected chi connectivity index (χ2v) is 9.36. The highest BCUT2D eigenvalue weighted by molar-refractivity contribution is 8.32. The minimum atomic E-state index is -0.568. The third-order valence-corrected chi connectivity index (χ3v) is 6.64. The first kappa shape index (κ1) is 11.6. The first-order valence-corrected chi connectivity index (χ1v) is 8.01. The van der Waals surface area contributed by atoms with Gasteiger partial charge in [0.05, 0.1) is 0 Å². The quantitative estimate of drug-likeness (QED) is 0.707. The Hall–Kier alpha value is -0.430. The van der Waals surface area contributed by atoms with Crippen molar-refractivity contribution in [3.05, 3.63) is 35.9 Å². The van der Waals surface area contributed by atoms with Crippen molar-refractivity contribution in [3.63, 3.8) is 0 Å². The zero-order valence-electron chi connectivity index (χ0n) is 10.0. The van der Waals surface area contributed by atoms with Crippen molar-refractivity contribution in [2.75, 3.05) is 18.8 Å². The predicted molar refractivity (Wildman–Crippen MR) is 69.4 cm³/mol. The Labute approximate surface area is 90.0 Å². The van der Waals surface area contributed by atoms with E-state index in [0.717, 1.165) is 0 Å². The first-order valence-electron chi connectivity index (χ1n) is 5.15. The van der Waals surface area contributed by atoms with Crippen LogP contribution in [0.15, 0.2) is 30.3 Å². The summed E-state index contributed by atoms with van der Waals surface area (Å²) in [6.45, 7) is 4.70. The summed E-state index contributed by atoms with van der Waals surface area (Å²) in [4.78, 5) is 0. The summed E-state index contributed by atoms with van der Waals surface area (Å²) >= 11 is 0. The molecule has 1 heteroatoms. The average molecular weight is 210 g/mol. The molecule has 0 saturated heterocycles. The van der Waals surface area contributed by atoms with Crippen molar-refractivity contribution >= 4 is 10.0 Å². The highest BCUT2D eigenvalue weighted by Gasteiger charge is 2.33. The maximum Gasteiger partial charge on any atom is 0.0215 e. The van der Waals surface area contributed by atoms with Gasteiger partial charge in [-0.2, -0.15) is 0 Å². The molecule has 0 aliphatic carbocycles. The molecule has 0 nitrogen and oxygen atoms in total. The van der Waals surface area contributed by atoms with Crippen molar-refractivity contribution in [1.82, 2.24) is 0 Å². The van der Waals surface area contributed by atoms with E-state index in [1.54, 1.807) is 0 Å². The molecular formula is C13H22S. The van der Waals surface area contributed by atoms with Crippen LogP contribution in [0.4, 0.5) is 0 Å². The van der Waals surface area contributed by atoms with E-state index in [2.05, 4.69) is 62.9 Å². The fourth-order valence-electron chi connectivity index (χ4n) is 1.78. The van der Waals surface area contributed by atoms with Gasteiger partial charge in [-0.15, -0.1) is 0 Å². The Morgan fingerprint density at radius 1 is 1.07 bits per heavy atom. The van der Waals surface area contributed by atoms with E-state index in [9.17, 15) is 0 Å². The predicted octanol–water partition coefficient (Wildman–Crippen LogP) is 4.01. The number of rotatable bonds is 3. The molecule has 1 aromatic carbocycles. The minimum absolute atomic E-state index is 0.355. The molecule has 0 aliphatic rings. The van der Waals surface area contributed by atoms with Crippen LogP contribution < -0.4 is 0 Å². The maximum absolute atomic E-state index is 2.41. The Bertz CT molecular complexity index is 284. The molecule has 80 valence electrons. The molecule has 0 N–H and O–H groups in total. The molecule has 0 fully saturated rings. The Morgan fingerprint density at radius 3 is 1.93 bits per heavy atom. The van der Waals surface area contributed by atoms with Gasteiger partial charge in [0, 0.05) is 4.75 Å². The standard InChI is InChI=1S/C13H22S/c1-6-13(2,14(3,4)5)12-10-8-7-9-11-12/h7-11H,6H2,1-5H3. The Morgan fingerprint density at radius 2 is 1.57 bits per heavy atom. The fourth-order valence-corrected chi connectivity index (χ4v) is 3.49. The molecule has 0 saturated carbocycles. The molecule has 1 aromatic rings. The van der Waals surface area contributed by atoms with Gasteiger partial charge in [0.1, 0.15) is 0 Å². The van der Waals surface area contributed by atoms with Gasteiger partial charge in [0.15, 0.2) is 0 Å². The maximum atomic E-state index is 2.41. The van der Waals surface area contributed by atoms with Crippen molar-refractivity contribution < 1.29 is 0 Å². The lowest BCUT2D eigenvalue weighted by Gasteiger charge is -2.46. The lowest BCUT2D eigenvalue weighted by atomic mass is 9.98. The monoisotopic (exact) mass is 210 g/mol. The highest BCUT2D eigenvalue weighted by Crippen LogP contribution is 2.57. The third kappa shape index (κ3) is 1.98. The molecule has 0 spiro atoms. The van der Waals surface area contributed by atoms with Gasteiger partial charge in [0.25, 0.3) is 0 Å². The van der Waals surface area contributed by atoms with Crippen LogP contribution >= 0.6 is 10.0 Å². The number of benzene rings is 1. The molecule has 0 bridgehead atoms. The summed E-state index contributed by atoms with van der Waals surface area (Å²) in [5.74, 6) is 0. The lowest BCUT2D eigenvalue weighted by molar-refractivity contribution is 0.655. The lowest BCUT2D eigenvalue weighted by Crippen LogP contribution is -2.26. The SMILES string of the molecule is CCC(C)(c1ccccc1)S(C)(C)C. The summed E-state index contributed by atoms with van der Waals surface area (Å²) < 4.78 is 0.355. The average Bonchev–Trinajstić information content (AvgIpc) is 2.16. The van der Waals surface area contributed by atoms with E-state index < -0.39 is 10.0 Å². The Balaban J connectivity index is 3.15. The van der Waals surface area contributed by atoms with Crippen LogP contribution in [-0.4, -0.2) is 18.8 Å². The van der Waals surface area contributed by atoms with E-state index in [1.807, 2.05) is 0 Å². The molecule has 14 heavy (non-hydrogen) atoms. The van der Waals surface area contributed by atoms with Crippen LogP contribution in [0.1, 0.15) is 25.8 Å². The van der Waals surface area contributed by atoms with Crippen molar-refractivity contribution in [1.29, 1.82) is 0 Å². The van der Waals surface area contributed by atoms with Gasteiger partial charge < -0.3 is 0 Å². The molecule has 0 radical (unpaired) electrons. The summed E-state index contributed by atoms with van der Waals surface area (Å²) in [6, 6.07) is 10.9. The van der Waals surface area contributed by atoms with Gasteiger partial charge in [-0.25, -0.2) is 10.0 Å². The zero-order chi connectivity index (χ0) is 10.8. The van der Waals surface area contributed by atoms with Crippen molar-refractivity contribution in [2.24, 2.45) is 0 Å². The second kappa shape index (κ2) is 3.98. The normalized spacial score (nSPS) is 17.5. The van der Waals surface area contributed by atoms with E-state index in [0.29, 0.717) is 4.75 Å². The molecule has 1 rings (SSSR count). The van der Waals surface area contributed by atoms with Gasteiger partial charge in [-0.3, -0.25) is 0 Å². The molecule has 1 unspecified atom stereocenters. The Kier molecular flexibility index (Phi) is 3.31. The van der Waals surface area contributed by atoms with E-state index in [4.69, 9.17) is 0 Å². The smallest absolute Gasteiger partial charge is 0.0215 e. The number of hydrogen-bond acceptors (Lipinski definition) is 0. The zero-order valence-corrected chi connectivity index (χ0v) is 10.8. The van der Waals surface area contributed by atoms with Crippen LogP contribution in [0.2, 0.25) is 0 Å². The molecule has 0 heterocycles. The van der Waals surface area contributed by atoms with Crippen molar-refractivity contribution in [2.45, 2.75) is 25.0 Å². The van der Waals surface area contributed by atoms with Gasteiger partial charge >= 0.3 is 0 Å². The van der Waals surface area contributed by atoms with Crippen molar-refractivity contribution in [3.8, 4) is 0 Å². The van der Waals surface area contributed by atoms with Crippen LogP contribution in [0.25, 0.3) is 0 Å².